The summed E-state index contributed by atoms with van der Waals surface area (Å²) in [5.74, 6) is -0.514. The number of nitrogens with zero attached hydrogens (tertiary/aromatic N) is 4. The molecule has 5 aromatic rings. The van der Waals surface area contributed by atoms with Gasteiger partial charge >= 0.3 is 5.97 Å². The lowest BCUT2D eigenvalue weighted by Gasteiger charge is -2.33. The lowest BCUT2D eigenvalue weighted by Crippen LogP contribution is -2.34. The van der Waals surface area contributed by atoms with E-state index in [1.807, 2.05) is 87.8 Å². The molecule has 1 aliphatic rings. The molecule has 10 heteroatoms. The standard InChI is InChI=1S/C37H42N4O4S2/c1-7-41-31-18-17-30(25(3)35(31)38-39-41)34(37(5,6)36(42)45-23-27-13-9-8-10-14-27)32-20-29(26(4)46-32)22-40-21-24(2)19-28-15-11-12-16-33(28)47(40,43)44/h8-18,20,24,34H,7,19,21-23H2,1-6H3/t24-,34+/m0/s1. The second-order valence-corrected chi connectivity index (χ2v) is 16.4. The second kappa shape index (κ2) is 13.0. The molecule has 0 aliphatic carbocycles. The van der Waals surface area contributed by atoms with Crippen molar-refractivity contribution in [3.8, 4) is 0 Å². The fraction of sp³-hybridized carbons (Fsp3) is 0.378. The molecule has 0 saturated heterocycles. The van der Waals surface area contributed by atoms with Crippen molar-refractivity contribution in [3.05, 3.63) is 110 Å². The van der Waals surface area contributed by atoms with Crippen LogP contribution in [-0.2, 0) is 45.7 Å². The first-order valence-electron chi connectivity index (χ1n) is 16.1. The zero-order valence-corrected chi connectivity index (χ0v) is 29.5. The van der Waals surface area contributed by atoms with Crippen molar-refractivity contribution in [2.45, 2.75) is 78.5 Å². The lowest BCUT2D eigenvalue weighted by atomic mass is 9.72. The minimum Gasteiger partial charge on any atom is -0.460 e. The number of aryl methyl sites for hydroxylation is 3. The third-order valence-electron chi connectivity index (χ3n) is 9.40. The van der Waals surface area contributed by atoms with E-state index in [0.717, 1.165) is 48.6 Å². The van der Waals surface area contributed by atoms with Gasteiger partial charge in [0.05, 0.1) is 15.8 Å². The van der Waals surface area contributed by atoms with E-state index >= 15 is 0 Å². The number of hydrogen-bond acceptors (Lipinski definition) is 7. The molecular formula is C37H42N4O4S2. The number of carbonyl (C=O) groups is 1. The minimum absolute atomic E-state index is 0.170. The molecule has 0 N–H and O–H groups in total. The Kier molecular flexibility index (Phi) is 9.13. The van der Waals surface area contributed by atoms with Gasteiger partial charge < -0.3 is 4.74 Å². The highest BCUT2D eigenvalue weighted by Crippen LogP contribution is 2.47. The topological polar surface area (TPSA) is 94.4 Å². The molecule has 0 unspecified atom stereocenters. The van der Waals surface area contributed by atoms with E-state index in [9.17, 15) is 13.2 Å². The van der Waals surface area contributed by atoms with E-state index in [0.29, 0.717) is 24.4 Å². The molecule has 1 aliphatic heterocycles. The van der Waals surface area contributed by atoms with Crippen molar-refractivity contribution in [2.24, 2.45) is 11.3 Å². The van der Waals surface area contributed by atoms with E-state index in [1.54, 1.807) is 27.8 Å². The van der Waals surface area contributed by atoms with Crippen LogP contribution < -0.4 is 0 Å². The van der Waals surface area contributed by atoms with Gasteiger partial charge in [0.25, 0.3) is 0 Å². The minimum atomic E-state index is -3.69. The van der Waals surface area contributed by atoms with Gasteiger partial charge in [-0.15, -0.1) is 16.4 Å². The van der Waals surface area contributed by atoms with Crippen LogP contribution in [0.15, 0.2) is 77.7 Å². The Balaban J connectivity index is 1.40. The zero-order chi connectivity index (χ0) is 33.5. The summed E-state index contributed by atoms with van der Waals surface area (Å²) in [6, 6.07) is 23.2. The Morgan fingerprint density at radius 3 is 2.53 bits per heavy atom. The first kappa shape index (κ1) is 33.1. The number of carbonyl (C=O) groups excluding carboxylic acids is 1. The van der Waals surface area contributed by atoms with E-state index in [2.05, 4.69) is 29.4 Å². The molecule has 0 fully saturated rings. The molecule has 47 heavy (non-hydrogen) atoms. The molecule has 6 rings (SSSR count). The van der Waals surface area contributed by atoms with Crippen LogP contribution in [0.3, 0.4) is 0 Å². The van der Waals surface area contributed by atoms with Crippen LogP contribution in [0.25, 0.3) is 11.0 Å². The highest BCUT2D eigenvalue weighted by atomic mass is 32.2. The van der Waals surface area contributed by atoms with Crippen molar-refractivity contribution in [1.29, 1.82) is 0 Å². The van der Waals surface area contributed by atoms with Crippen LogP contribution in [0.4, 0.5) is 0 Å². The van der Waals surface area contributed by atoms with Gasteiger partial charge in [-0.3, -0.25) is 4.79 Å². The number of fused-ring (bicyclic) bond motifs is 2. The zero-order valence-electron chi connectivity index (χ0n) is 27.9. The van der Waals surface area contributed by atoms with Gasteiger partial charge in [0, 0.05) is 35.3 Å². The quantitative estimate of drug-likeness (QED) is 0.152. The molecule has 3 heterocycles. The van der Waals surface area contributed by atoms with Crippen LogP contribution in [-0.4, -0.2) is 40.2 Å². The number of hydrogen-bond donors (Lipinski definition) is 0. The monoisotopic (exact) mass is 670 g/mol. The fourth-order valence-electron chi connectivity index (χ4n) is 6.79. The highest BCUT2D eigenvalue weighted by molar-refractivity contribution is 7.89. The largest absolute Gasteiger partial charge is 0.460 e. The Bertz CT molecular complexity index is 2030. The van der Waals surface area contributed by atoms with Crippen LogP contribution in [0, 0.1) is 25.2 Å². The summed E-state index contributed by atoms with van der Waals surface area (Å²) in [6.07, 6.45) is 0.714. The second-order valence-electron chi connectivity index (χ2n) is 13.2. The van der Waals surface area contributed by atoms with Crippen molar-refractivity contribution in [2.75, 3.05) is 6.54 Å². The summed E-state index contributed by atoms with van der Waals surface area (Å²) >= 11 is 1.61. The number of aromatic nitrogens is 3. The van der Waals surface area contributed by atoms with E-state index in [4.69, 9.17) is 4.74 Å². The number of sulfonamides is 1. The van der Waals surface area contributed by atoms with E-state index in [-0.39, 0.29) is 31.0 Å². The van der Waals surface area contributed by atoms with E-state index < -0.39 is 15.4 Å². The van der Waals surface area contributed by atoms with Crippen LogP contribution in [0.2, 0.25) is 0 Å². The molecule has 2 atom stereocenters. The Morgan fingerprint density at radius 2 is 1.79 bits per heavy atom. The summed E-state index contributed by atoms with van der Waals surface area (Å²) in [5, 5.41) is 8.86. The third kappa shape index (κ3) is 6.26. The number of benzene rings is 3. The molecular weight excluding hydrogens is 629 g/mol. The van der Waals surface area contributed by atoms with Gasteiger partial charge in [0.1, 0.15) is 12.1 Å². The molecule has 0 saturated carbocycles. The van der Waals surface area contributed by atoms with Crippen molar-refractivity contribution in [1.82, 2.24) is 19.3 Å². The molecule has 0 radical (unpaired) electrons. The third-order valence-corrected chi connectivity index (χ3v) is 12.5. The van der Waals surface area contributed by atoms with Crippen LogP contribution in [0.5, 0.6) is 0 Å². The molecule has 246 valence electrons. The molecule has 0 amide bonds. The van der Waals surface area contributed by atoms with Crippen molar-refractivity contribution < 1.29 is 17.9 Å². The number of thiophene rings is 1. The highest BCUT2D eigenvalue weighted by Gasteiger charge is 2.43. The SMILES string of the molecule is CCn1nnc2c(C)c([C@H](c3cc(CN4C[C@@H](C)Cc5ccccc5S4(=O)=O)c(C)s3)C(C)(C)C(=O)OCc3ccccc3)ccc21. The summed E-state index contributed by atoms with van der Waals surface area (Å²) in [6.45, 7) is 13.7. The molecule has 8 nitrogen and oxygen atoms in total. The average Bonchev–Trinajstić information content (AvgIpc) is 3.61. The predicted molar refractivity (Wildman–Crippen MR) is 186 cm³/mol. The summed E-state index contributed by atoms with van der Waals surface area (Å²) in [5.41, 5.74) is 5.45. The Labute approximate surface area is 281 Å². The van der Waals surface area contributed by atoms with Gasteiger partial charge in [-0.1, -0.05) is 66.7 Å². The Morgan fingerprint density at radius 1 is 1.06 bits per heavy atom. The number of esters is 1. The summed E-state index contributed by atoms with van der Waals surface area (Å²) < 4.78 is 37.3. The maximum atomic E-state index is 14.0. The number of rotatable bonds is 9. The van der Waals surface area contributed by atoms with Gasteiger partial charge in [-0.25, -0.2) is 13.1 Å². The fourth-order valence-corrected chi connectivity index (χ4v) is 9.91. The summed E-state index contributed by atoms with van der Waals surface area (Å²) in [4.78, 5) is 16.4. The summed E-state index contributed by atoms with van der Waals surface area (Å²) in [7, 11) is -3.69. The van der Waals surface area contributed by atoms with Gasteiger partial charge in [0.2, 0.25) is 10.0 Å². The maximum absolute atomic E-state index is 14.0. The number of ether oxygens (including phenoxy) is 1. The molecule has 3 aromatic carbocycles. The first-order valence-corrected chi connectivity index (χ1v) is 18.4. The average molecular weight is 671 g/mol. The van der Waals surface area contributed by atoms with Crippen LogP contribution >= 0.6 is 11.3 Å². The van der Waals surface area contributed by atoms with Crippen LogP contribution in [0.1, 0.15) is 71.2 Å². The van der Waals surface area contributed by atoms with E-state index in [1.165, 1.54) is 0 Å². The molecule has 0 spiro atoms. The molecule has 2 aromatic heterocycles. The van der Waals surface area contributed by atoms with Crippen molar-refractivity contribution in [3.63, 3.8) is 0 Å². The van der Waals surface area contributed by atoms with Gasteiger partial charge in [-0.05, 0) is 93.0 Å². The van der Waals surface area contributed by atoms with Crippen molar-refractivity contribution >= 4 is 38.4 Å². The smallest absolute Gasteiger partial charge is 0.312 e. The van der Waals surface area contributed by atoms with Gasteiger partial charge in [0.15, 0.2) is 0 Å². The first-order chi connectivity index (χ1) is 22.4. The lowest BCUT2D eigenvalue weighted by molar-refractivity contribution is -0.156. The van der Waals surface area contributed by atoms with Gasteiger partial charge in [-0.2, -0.15) is 4.31 Å². The molecule has 0 bridgehead atoms. The maximum Gasteiger partial charge on any atom is 0.312 e. The predicted octanol–water partition coefficient (Wildman–Crippen LogP) is 7.41. The normalized spacial score (nSPS) is 17.3. The Hall–Kier alpha value is -3.86.